The SMILES string of the molecule is Cc1cc(N2CC(C(=O)NC(C)(C)C)CC2=O)ccc1Br. The Morgan fingerprint density at radius 1 is 1.38 bits per heavy atom. The Morgan fingerprint density at radius 2 is 2.05 bits per heavy atom. The molecule has 1 aliphatic heterocycles. The van der Waals surface area contributed by atoms with Gasteiger partial charge in [-0.1, -0.05) is 15.9 Å². The van der Waals surface area contributed by atoms with E-state index in [1.165, 1.54) is 0 Å². The van der Waals surface area contributed by atoms with Crippen molar-refractivity contribution in [3.05, 3.63) is 28.2 Å². The van der Waals surface area contributed by atoms with Crippen molar-refractivity contribution >= 4 is 33.4 Å². The number of nitrogens with one attached hydrogen (secondary N) is 1. The topological polar surface area (TPSA) is 49.4 Å². The van der Waals surface area contributed by atoms with E-state index in [1.807, 2.05) is 45.9 Å². The molecular weight excluding hydrogens is 332 g/mol. The first-order valence-corrected chi connectivity index (χ1v) is 7.85. The van der Waals surface area contributed by atoms with Crippen molar-refractivity contribution in [1.82, 2.24) is 5.32 Å². The van der Waals surface area contributed by atoms with E-state index in [-0.39, 0.29) is 29.7 Å². The third-order valence-electron chi connectivity index (χ3n) is 3.45. The van der Waals surface area contributed by atoms with Crippen LogP contribution < -0.4 is 10.2 Å². The van der Waals surface area contributed by atoms with Gasteiger partial charge in [0.05, 0.1) is 5.92 Å². The highest BCUT2D eigenvalue weighted by Crippen LogP contribution is 2.28. The number of hydrogen-bond donors (Lipinski definition) is 1. The fraction of sp³-hybridized carbons (Fsp3) is 0.500. The molecule has 1 unspecified atom stereocenters. The Morgan fingerprint density at radius 3 is 2.62 bits per heavy atom. The molecule has 1 atom stereocenters. The molecule has 0 aliphatic carbocycles. The fourth-order valence-electron chi connectivity index (χ4n) is 2.40. The van der Waals surface area contributed by atoms with Crippen LogP contribution in [0.4, 0.5) is 5.69 Å². The second kappa shape index (κ2) is 5.79. The second-order valence-corrected chi connectivity index (χ2v) is 7.43. The number of nitrogens with zero attached hydrogens (tertiary/aromatic N) is 1. The summed E-state index contributed by atoms with van der Waals surface area (Å²) in [5, 5.41) is 2.95. The van der Waals surface area contributed by atoms with Crippen molar-refractivity contribution in [3.8, 4) is 0 Å². The largest absolute Gasteiger partial charge is 0.351 e. The van der Waals surface area contributed by atoms with E-state index in [0.29, 0.717) is 6.54 Å². The molecule has 0 aromatic heterocycles. The van der Waals surface area contributed by atoms with Crippen LogP contribution >= 0.6 is 15.9 Å². The van der Waals surface area contributed by atoms with E-state index in [1.54, 1.807) is 4.90 Å². The molecule has 0 saturated carbocycles. The van der Waals surface area contributed by atoms with Gasteiger partial charge in [-0.3, -0.25) is 9.59 Å². The lowest BCUT2D eigenvalue weighted by Gasteiger charge is -2.23. The molecule has 21 heavy (non-hydrogen) atoms. The third kappa shape index (κ3) is 3.84. The fourth-order valence-corrected chi connectivity index (χ4v) is 2.65. The summed E-state index contributed by atoms with van der Waals surface area (Å²) in [5.41, 5.74) is 1.65. The van der Waals surface area contributed by atoms with Crippen molar-refractivity contribution in [3.63, 3.8) is 0 Å². The van der Waals surface area contributed by atoms with Crippen molar-refractivity contribution in [2.45, 2.75) is 39.7 Å². The summed E-state index contributed by atoms with van der Waals surface area (Å²) in [6.07, 6.45) is 0.275. The Kier molecular flexibility index (Phi) is 4.42. The zero-order valence-electron chi connectivity index (χ0n) is 12.9. The lowest BCUT2D eigenvalue weighted by Crippen LogP contribution is -2.44. The van der Waals surface area contributed by atoms with Gasteiger partial charge in [-0.2, -0.15) is 0 Å². The summed E-state index contributed by atoms with van der Waals surface area (Å²) < 4.78 is 1.01. The number of amides is 2. The molecule has 1 aromatic rings. The maximum Gasteiger partial charge on any atom is 0.227 e. The van der Waals surface area contributed by atoms with Crippen LogP contribution in [0, 0.1) is 12.8 Å². The van der Waals surface area contributed by atoms with E-state index in [4.69, 9.17) is 0 Å². The molecule has 0 bridgehead atoms. The van der Waals surface area contributed by atoms with Crippen LogP contribution in [0.1, 0.15) is 32.8 Å². The van der Waals surface area contributed by atoms with Crippen LogP contribution in [-0.2, 0) is 9.59 Å². The molecule has 0 radical (unpaired) electrons. The van der Waals surface area contributed by atoms with E-state index >= 15 is 0 Å². The van der Waals surface area contributed by atoms with Crippen molar-refractivity contribution in [2.75, 3.05) is 11.4 Å². The maximum atomic E-state index is 12.2. The smallest absolute Gasteiger partial charge is 0.227 e. The minimum atomic E-state index is -0.277. The quantitative estimate of drug-likeness (QED) is 0.889. The summed E-state index contributed by atoms with van der Waals surface area (Å²) in [6, 6.07) is 5.80. The monoisotopic (exact) mass is 352 g/mol. The molecule has 1 aliphatic rings. The Bertz CT molecular complexity index is 578. The summed E-state index contributed by atoms with van der Waals surface area (Å²) in [4.78, 5) is 26.1. The number of carbonyl (C=O) groups excluding carboxylic acids is 2. The van der Waals surface area contributed by atoms with E-state index in [0.717, 1.165) is 15.7 Å². The highest BCUT2D eigenvalue weighted by molar-refractivity contribution is 9.10. The highest BCUT2D eigenvalue weighted by atomic mass is 79.9. The molecule has 114 valence electrons. The van der Waals surface area contributed by atoms with Gasteiger partial charge in [-0.15, -0.1) is 0 Å². The number of benzene rings is 1. The Labute approximate surface area is 134 Å². The molecule has 1 saturated heterocycles. The van der Waals surface area contributed by atoms with E-state index in [2.05, 4.69) is 21.2 Å². The lowest BCUT2D eigenvalue weighted by molar-refractivity contribution is -0.127. The van der Waals surface area contributed by atoms with Crippen LogP contribution in [0.2, 0.25) is 0 Å². The van der Waals surface area contributed by atoms with Gasteiger partial charge < -0.3 is 10.2 Å². The first-order valence-electron chi connectivity index (χ1n) is 7.06. The van der Waals surface area contributed by atoms with Gasteiger partial charge in [0.2, 0.25) is 11.8 Å². The Hall–Kier alpha value is -1.36. The van der Waals surface area contributed by atoms with Gasteiger partial charge in [-0.05, 0) is 51.5 Å². The number of hydrogen-bond acceptors (Lipinski definition) is 2. The first-order chi connectivity index (χ1) is 9.67. The molecule has 0 spiro atoms. The zero-order chi connectivity index (χ0) is 15.8. The van der Waals surface area contributed by atoms with Gasteiger partial charge in [0.1, 0.15) is 0 Å². The molecular formula is C16H21BrN2O2. The average Bonchev–Trinajstić information content (AvgIpc) is 2.73. The van der Waals surface area contributed by atoms with E-state index in [9.17, 15) is 9.59 Å². The number of rotatable bonds is 2. The van der Waals surface area contributed by atoms with E-state index < -0.39 is 0 Å². The average molecular weight is 353 g/mol. The summed E-state index contributed by atoms with van der Waals surface area (Å²) in [6.45, 7) is 8.26. The molecule has 4 nitrogen and oxygen atoms in total. The summed E-state index contributed by atoms with van der Waals surface area (Å²) in [5.74, 6) is -0.321. The predicted molar refractivity (Wildman–Crippen MR) is 87.2 cm³/mol. The second-order valence-electron chi connectivity index (χ2n) is 6.58. The molecule has 2 rings (SSSR count). The molecule has 5 heteroatoms. The van der Waals surface area contributed by atoms with Gasteiger partial charge in [0.25, 0.3) is 0 Å². The van der Waals surface area contributed by atoms with Crippen LogP contribution in [0.15, 0.2) is 22.7 Å². The lowest BCUT2D eigenvalue weighted by atomic mass is 10.0. The van der Waals surface area contributed by atoms with Crippen LogP contribution in [0.5, 0.6) is 0 Å². The van der Waals surface area contributed by atoms with Crippen LogP contribution in [0.3, 0.4) is 0 Å². The van der Waals surface area contributed by atoms with Gasteiger partial charge in [0.15, 0.2) is 0 Å². The molecule has 1 heterocycles. The van der Waals surface area contributed by atoms with Gasteiger partial charge in [-0.25, -0.2) is 0 Å². The van der Waals surface area contributed by atoms with Crippen LogP contribution in [-0.4, -0.2) is 23.9 Å². The number of halogens is 1. The number of anilines is 1. The Balaban J connectivity index is 2.12. The zero-order valence-corrected chi connectivity index (χ0v) is 14.5. The van der Waals surface area contributed by atoms with Gasteiger partial charge in [0, 0.05) is 28.7 Å². The maximum absolute atomic E-state index is 12.2. The minimum absolute atomic E-state index is 0.00535. The normalized spacial score (nSPS) is 19.0. The number of carbonyl (C=O) groups is 2. The predicted octanol–water partition coefficient (Wildman–Crippen LogP) is 3.03. The van der Waals surface area contributed by atoms with Crippen LogP contribution in [0.25, 0.3) is 0 Å². The molecule has 1 N–H and O–H groups in total. The molecule has 2 amide bonds. The van der Waals surface area contributed by atoms with Crippen molar-refractivity contribution < 1.29 is 9.59 Å². The van der Waals surface area contributed by atoms with Crippen molar-refractivity contribution in [1.29, 1.82) is 0 Å². The minimum Gasteiger partial charge on any atom is -0.351 e. The third-order valence-corrected chi connectivity index (χ3v) is 4.34. The molecule has 1 fully saturated rings. The van der Waals surface area contributed by atoms with Crippen molar-refractivity contribution in [2.24, 2.45) is 5.92 Å². The summed E-state index contributed by atoms with van der Waals surface area (Å²) >= 11 is 3.45. The standard InChI is InChI=1S/C16H21BrN2O2/c1-10-7-12(5-6-13(10)17)19-9-11(8-14(19)20)15(21)18-16(2,3)4/h5-7,11H,8-9H2,1-4H3,(H,18,21). The summed E-state index contributed by atoms with van der Waals surface area (Å²) in [7, 11) is 0. The van der Waals surface area contributed by atoms with Gasteiger partial charge >= 0.3 is 0 Å². The first kappa shape index (κ1) is 16.0. The number of aryl methyl sites for hydroxylation is 1. The molecule has 1 aromatic carbocycles. The highest BCUT2D eigenvalue weighted by Gasteiger charge is 2.36.